The molecule has 19 heavy (non-hydrogen) atoms. The van der Waals surface area contributed by atoms with Crippen LogP contribution in [0.15, 0.2) is 17.6 Å². The second-order valence-electron chi connectivity index (χ2n) is 5.19. The molecule has 0 amide bonds. The van der Waals surface area contributed by atoms with Gasteiger partial charge in [0, 0.05) is 25.7 Å². The fourth-order valence-corrected chi connectivity index (χ4v) is 3.52. The quantitative estimate of drug-likeness (QED) is 0.856. The molecule has 1 atom stereocenters. The van der Waals surface area contributed by atoms with Gasteiger partial charge in [-0.15, -0.1) is 11.3 Å². The van der Waals surface area contributed by atoms with E-state index in [1.807, 2.05) is 5.51 Å². The number of hydrogen-bond acceptors (Lipinski definition) is 5. The van der Waals surface area contributed by atoms with Crippen LogP contribution in [-0.2, 0) is 0 Å². The van der Waals surface area contributed by atoms with Gasteiger partial charge in [0.2, 0.25) is 0 Å². The fourth-order valence-electron chi connectivity index (χ4n) is 2.82. The number of aromatic nitrogens is 1. The molecule has 1 unspecified atom stereocenters. The highest BCUT2D eigenvalue weighted by molar-refractivity contribution is 7.16. The van der Waals surface area contributed by atoms with Crippen molar-refractivity contribution in [3.63, 3.8) is 0 Å². The van der Waals surface area contributed by atoms with Crippen molar-refractivity contribution in [3.05, 3.63) is 17.6 Å². The van der Waals surface area contributed by atoms with Gasteiger partial charge >= 0.3 is 0 Å². The average molecular weight is 276 g/mol. The van der Waals surface area contributed by atoms with E-state index in [1.54, 1.807) is 11.3 Å². The zero-order valence-electron chi connectivity index (χ0n) is 11.5. The van der Waals surface area contributed by atoms with E-state index in [9.17, 15) is 0 Å². The van der Waals surface area contributed by atoms with Gasteiger partial charge in [0.15, 0.2) is 0 Å². The Labute approximate surface area is 117 Å². The second kappa shape index (κ2) is 4.98. The van der Waals surface area contributed by atoms with Crippen molar-refractivity contribution < 1.29 is 0 Å². The molecule has 2 heterocycles. The van der Waals surface area contributed by atoms with Gasteiger partial charge < -0.3 is 10.6 Å². The van der Waals surface area contributed by atoms with Crippen LogP contribution in [0.2, 0.25) is 0 Å². The maximum atomic E-state index is 6.30. The molecule has 5 heteroatoms. The third kappa shape index (κ3) is 2.17. The summed E-state index contributed by atoms with van der Waals surface area (Å²) in [4.78, 5) is 9.23. The highest BCUT2D eigenvalue weighted by Crippen LogP contribution is 2.33. The lowest BCUT2D eigenvalue weighted by atomic mass is 10.1. The summed E-state index contributed by atoms with van der Waals surface area (Å²) in [6.45, 7) is 5.42. The van der Waals surface area contributed by atoms with Crippen LogP contribution < -0.4 is 10.6 Å². The van der Waals surface area contributed by atoms with E-state index >= 15 is 0 Å². The van der Waals surface area contributed by atoms with E-state index in [-0.39, 0.29) is 0 Å². The van der Waals surface area contributed by atoms with E-state index < -0.39 is 0 Å². The zero-order chi connectivity index (χ0) is 13.4. The highest BCUT2D eigenvalue weighted by atomic mass is 32.1. The summed E-state index contributed by atoms with van der Waals surface area (Å²) >= 11 is 1.64. The Bertz CT molecular complexity index is 580. The third-order valence-corrected chi connectivity index (χ3v) is 4.90. The fraction of sp³-hybridized carbons (Fsp3) is 0.500. The normalized spacial score (nSPS) is 21.2. The molecule has 2 N–H and O–H groups in total. The first-order valence-electron chi connectivity index (χ1n) is 6.77. The largest absolute Gasteiger partial charge is 0.395 e. The van der Waals surface area contributed by atoms with Gasteiger partial charge in [0.05, 0.1) is 21.6 Å². The lowest BCUT2D eigenvalue weighted by molar-refractivity contribution is 0.213. The molecule has 0 radical (unpaired) electrons. The number of nitrogens with two attached hydrogens (primary N) is 1. The number of benzene rings is 1. The van der Waals surface area contributed by atoms with Crippen molar-refractivity contribution in [3.8, 4) is 0 Å². The van der Waals surface area contributed by atoms with Gasteiger partial charge in [0.25, 0.3) is 0 Å². The van der Waals surface area contributed by atoms with E-state index in [2.05, 4.69) is 40.9 Å². The molecule has 0 spiro atoms. The Morgan fingerprint density at radius 3 is 3.05 bits per heavy atom. The first kappa shape index (κ1) is 12.7. The lowest BCUT2D eigenvalue weighted by Gasteiger charge is -2.40. The van der Waals surface area contributed by atoms with Crippen LogP contribution in [0.25, 0.3) is 10.2 Å². The number of anilines is 2. The van der Waals surface area contributed by atoms with Crippen molar-refractivity contribution in [1.82, 2.24) is 9.88 Å². The minimum absolute atomic E-state index is 0.610. The van der Waals surface area contributed by atoms with E-state index in [0.717, 1.165) is 36.5 Å². The maximum absolute atomic E-state index is 6.30. The summed E-state index contributed by atoms with van der Waals surface area (Å²) in [6.07, 6.45) is 1.17. The monoisotopic (exact) mass is 276 g/mol. The minimum atomic E-state index is 0.610. The zero-order valence-corrected chi connectivity index (χ0v) is 12.3. The third-order valence-electron chi connectivity index (χ3n) is 4.11. The van der Waals surface area contributed by atoms with E-state index in [0.29, 0.717) is 6.04 Å². The van der Waals surface area contributed by atoms with Crippen molar-refractivity contribution in [2.45, 2.75) is 19.4 Å². The molecule has 0 saturated carbocycles. The molecule has 0 aliphatic carbocycles. The SMILES string of the molecule is CCC1CN(c2ccc3scnc3c2N)CCN1C. The number of nitrogen functional groups attached to an aromatic ring is 1. The summed E-state index contributed by atoms with van der Waals surface area (Å²) in [5.41, 5.74) is 11.1. The van der Waals surface area contributed by atoms with E-state index in [1.165, 1.54) is 11.1 Å². The molecular weight excluding hydrogens is 256 g/mol. The van der Waals surface area contributed by atoms with Gasteiger partial charge in [-0.2, -0.15) is 0 Å². The second-order valence-corrected chi connectivity index (χ2v) is 6.07. The van der Waals surface area contributed by atoms with Crippen molar-refractivity contribution >= 4 is 32.9 Å². The van der Waals surface area contributed by atoms with Gasteiger partial charge in [-0.05, 0) is 25.6 Å². The summed E-state index contributed by atoms with van der Waals surface area (Å²) < 4.78 is 1.17. The molecule has 1 saturated heterocycles. The van der Waals surface area contributed by atoms with Crippen LogP contribution in [0.3, 0.4) is 0 Å². The number of fused-ring (bicyclic) bond motifs is 1. The molecule has 2 aromatic rings. The molecule has 1 aliphatic heterocycles. The Balaban J connectivity index is 1.93. The van der Waals surface area contributed by atoms with Gasteiger partial charge in [-0.3, -0.25) is 4.90 Å². The summed E-state index contributed by atoms with van der Waals surface area (Å²) in [5.74, 6) is 0. The topological polar surface area (TPSA) is 45.4 Å². The Hall–Kier alpha value is -1.33. The summed E-state index contributed by atoms with van der Waals surface area (Å²) in [5, 5.41) is 0. The van der Waals surface area contributed by atoms with Crippen LogP contribution in [0.5, 0.6) is 0 Å². The van der Waals surface area contributed by atoms with Crippen LogP contribution in [0, 0.1) is 0 Å². The molecule has 1 aromatic carbocycles. The maximum Gasteiger partial charge on any atom is 0.106 e. The number of nitrogens with zero attached hydrogens (tertiary/aromatic N) is 3. The van der Waals surface area contributed by atoms with Gasteiger partial charge in [-0.25, -0.2) is 4.98 Å². The smallest absolute Gasteiger partial charge is 0.106 e. The standard InChI is InChI=1S/C14H20N4S/c1-3-10-8-18(7-6-17(10)2)11-4-5-12-14(13(11)15)16-9-19-12/h4-5,9-10H,3,6-8,15H2,1-2H3. The predicted molar refractivity (Wildman–Crippen MR) is 83.0 cm³/mol. The highest BCUT2D eigenvalue weighted by Gasteiger charge is 2.24. The van der Waals surface area contributed by atoms with Crippen LogP contribution in [-0.4, -0.2) is 42.6 Å². The molecule has 1 aliphatic rings. The van der Waals surface area contributed by atoms with Gasteiger partial charge in [-0.1, -0.05) is 6.92 Å². The number of thiazole rings is 1. The number of hydrogen-bond donors (Lipinski definition) is 1. The van der Waals surface area contributed by atoms with Crippen molar-refractivity contribution in [2.75, 3.05) is 37.3 Å². The Kier molecular flexibility index (Phi) is 3.33. The average Bonchev–Trinajstić information content (AvgIpc) is 2.89. The Morgan fingerprint density at radius 1 is 1.42 bits per heavy atom. The molecular formula is C14H20N4S. The van der Waals surface area contributed by atoms with Crippen LogP contribution >= 0.6 is 11.3 Å². The molecule has 102 valence electrons. The minimum Gasteiger partial charge on any atom is -0.395 e. The number of piperazine rings is 1. The number of rotatable bonds is 2. The summed E-state index contributed by atoms with van der Waals surface area (Å²) in [6, 6.07) is 4.89. The molecule has 1 aromatic heterocycles. The predicted octanol–water partition coefficient (Wildman–Crippen LogP) is 2.41. The van der Waals surface area contributed by atoms with E-state index in [4.69, 9.17) is 5.73 Å². The molecule has 4 nitrogen and oxygen atoms in total. The molecule has 3 rings (SSSR count). The van der Waals surface area contributed by atoms with Crippen molar-refractivity contribution in [1.29, 1.82) is 0 Å². The Morgan fingerprint density at radius 2 is 2.26 bits per heavy atom. The van der Waals surface area contributed by atoms with Crippen molar-refractivity contribution in [2.24, 2.45) is 0 Å². The molecule has 0 bridgehead atoms. The van der Waals surface area contributed by atoms with Gasteiger partial charge in [0.1, 0.15) is 5.52 Å². The molecule has 1 fully saturated rings. The van der Waals surface area contributed by atoms with Crippen LogP contribution in [0.1, 0.15) is 13.3 Å². The summed E-state index contributed by atoms with van der Waals surface area (Å²) in [7, 11) is 2.21. The lowest BCUT2D eigenvalue weighted by Crippen LogP contribution is -2.51. The first-order valence-corrected chi connectivity index (χ1v) is 7.65. The van der Waals surface area contributed by atoms with Crippen LogP contribution in [0.4, 0.5) is 11.4 Å². The first-order chi connectivity index (χ1) is 9.20. The number of likely N-dealkylation sites (N-methyl/N-ethyl adjacent to an activating group) is 1.